The fraction of sp³-hybridized carbons (Fsp3) is 0. The molecule has 0 aliphatic carbocycles. The van der Waals surface area contributed by atoms with Gasteiger partial charge in [-0.1, -0.05) is 0 Å². The van der Waals surface area contributed by atoms with E-state index < -0.39 is 52.0 Å². The van der Waals surface area contributed by atoms with Crippen LogP contribution in [0.25, 0.3) is 0 Å². The summed E-state index contributed by atoms with van der Waals surface area (Å²) in [6, 6.07) is 0. The van der Waals surface area contributed by atoms with E-state index in [1.165, 1.54) is 0 Å². The monoisotopic (exact) mass is 641 g/mol. The molecule has 0 aromatic carbocycles. The average Bonchev–Trinajstić information content (AvgIpc) is 1.96. The maximum absolute atomic E-state index is 8.52. The van der Waals surface area contributed by atoms with E-state index in [-0.39, 0.29) is 43.1 Å². The van der Waals surface area contributed by atoms with Crippen molar-refractivity contribution in [2.75, 3.05) is 0 Å². The first-order valence-corrected chi connectivity index (χ1v) is 10.8. The molecule has 0 fully saturated rings. The number of guanidine groups is 1. The van der Waals surface area contributed by atoms with Crippen LogP contribution in [0.2, 0.25) is 0 Å². The molecule has 23 nitrogen and oxygen atoms in total. The summed E-state index contributed by atoms with van der Waals surface area (Å²) >= 11 is 0. The van der Waals surface area contributed by atoms with Crippen molar-refractivity contribution in [1.29, 1.82) is 5.41 Å². The maximum Gasteiger partial charge on any atom is 0.183 e. The van der Waals surface area contributed by atoms with Gasteiger partial charge in [0, 0.05) is 89.1 Å². The predicted octanol–water partition coefficient (Wildman–Crippen LogP) is -7.86. The standard InChI is InChI=1S/CH5N3.5H2O4S.2V/c2-1(3)4;5*1-5(2,3)4;;/h(H5,2,3,4);5*(H2,1,2,3,4);;/p-10. The van der Waals surface area contributed by atoms with Crippen molar-refractivity contribution in [3.63, 3.8) is 0 Å². The molecule has 2 radical (unpaired) electrons. The molecule has 5 N–H and O–H groups in total. The SMILES string of the molecule is N=C(N)N.O=S(=O)([O-])[O-].O=S(=O)([O-])[O-].O=S(=O)([O-])[O-].O=S(=O)([O-])[O-].O=S(=O)([O-])[O-].[V].[V]. The van der Waals surface area contributed by atoms with Crippen LogP contribution in [0.1, 0.15) is 0 Å². The molecule has 30 heteroatoms. The number of nitrogens with two attached hydrogens (primary N) is 2. The maximum atomic E-state index is 8.52. The van der Waals surface area contributed by atoms with Gasteiger partial charge < -0.3 is 57.0 Å². The molecular formula is CH5N3O20S5V2-10. The quantitative estimate of drug-likeness (QED) is 0.0956. The van der Waals surface area contributed by atoms with E-state index in [1.807, 2.05) is 0 Å². The van der Waals surface area contributed by atoms with Gasteiger partial charge in [0.05, 0.1) is 0 Å². The van der Waals surface area contributed by atoms with E-state index in [0.29, 0.717) is 0 Å². The number of rotatable bonds is 0. The Balaban J connectivity index is -0.0000000337. The zero-order valence-corrected chi connectivity index (χ0v) is 20.1. The molecule has 0 aromatic rings. The van der Waals surface area contributed by atoms with Crippen LogP contribution in [0.4, 0.5) is 0 Å². The van der Waals surface area contributed by atoms with E-state index >= 15 is 0 Å². The third kappa shape index (κ3) is 516000. The van der Waals surface area contributed by atoms with E-state index in [0.717, 1.165) is 0 Å². The minimum atomic E-state index is -5.17. The van der Waals surface area contributed by atoms with Gasteiger partial charge in [0.25, 0.3) is 0 Å². The van der Waals surface area contributed by atoms with Crippen LogP contribution in [0.3, 0.4) is 0 Å². The largest absolute Gasteiger partial charge is 0.759 e. The first-order chi connectivity index (χ1) is 11.7. The van der Waals surface area contributed by atoms with Crippen molar-refractivity contribution in [3.05, 3.63) is 0 Å². The Kier molecular flexibility index (Phi) is 39.0. The molecule has 0 saturated carbocycles. The van der Waals surface area contributed by atoms with Crippen LogP contribution >= 0.6 is 0 Å². The minimum absolute atomic E-state index is 0. The zero-order chi connectivity index (χ0) is 26.1. The van der Waals surface area contributed by atoms with Crippen LogP contribution in [0.15, 0.2) is 0 Å². The number of hydrogen-bond acceptors (Lipinski definition) is 21. The Labute approximate surface area is 198 Å². The van der Waals surface area contributed by atoms with Crippen molar-refractivity contribution < 1.29 is 125 Å². The molecule has 0 bridgehead atoms. The molecule has 0 amide bonds. The number of nitrogens with one attached hydrogen (secondary N) is 1. The second-order valence-electron chi connectivity index (χ2n) is 2.50. The van der Waals surface area contributed by atoms with Gasteiger partial charge in [0.1, 0.15) is 0 Å². The average molecular weight is 641 g/mol. The van der Waals surface area contributed by atoms with Crippen molar-refractivity contribution in [1.82, 2.24) is 0 Å². The van der Waals surface area contributed by atoms with E-state index in [2.05, 4.69) is 11.5 Å². The molecule has 31 heavy (non-hydrogen) atoms. The Morgan fingerprint density at radius 2 is 0.419 bits per heavy atom. The molecule has 0 spiro atoms. The normalized spacial score (nSPS) is 10.1. The second-order valence-corrected chi connectivity index (χ2v) is 6.58. The van der Waals surface area contributed by atoms with Gasteiger partial charge in [0.2, 0.25) is 0 Å². The molecular weight excluding hydrogens is 636 g/mol. The minimum Gasteiger partial charge on any atom is -0.759 e. The summed E-state index contributed by atoms with van der Waals surface area (Å²) in [5.74, 6) is -0.333. The summed E-state index contributed by atoms with van der Waals surface area (Å²) in [5.41, 5.74) is 8.94. The first-order valence-electron chi connectivity index (χ1n) is 4.16. The molecule has 0 rings (SSSR count). The molecule has 194 valence electrons. The van der Waals surface area contributed by atoms with Gasteiger partial charge >= 0.3 is 0 Å². The zero-order valence-electron chi connectivity index (χ0n) is 13.3. The van der Waals surface area contributed by atoms with E-state index in [4.69, 9.17) is 93.0 Å². The molecule has 0 atom stereocenters. The molecule has 0 saturated heterocycles. The van der Waals surface area contributed by atoms with Gasteiger partial charge in [-0.15, -0.1) is 0 Å². The summed E-state index contributed by atoms with van der Waals surface area (Å²) in [4.78, 5) is 0. The van der Waals surface area contributed by atoms with Crippen molar-refractivity contribution >= 4 is 58.0 Å². The third-order valence-corrected chi connectivity index (χ3v) is 0. The van der Waals surface area contributed by atoms with Crippen LogP contribution in [0.5, 0.6) is 0 Å². The Bertz CT molecular complexity index is 724. The Morgan fingerprint density at radius 3 is 0.419 bits per heavy atom. The summed E-state index contributed by atoms with van der Waals surface area (Å²) in [6.07, 6.45) is 0. The smallest absolute Gasteiger partial charge is 0.183 e. The van der Waals surface area contributed by atoms with E-state index in [9.17, 15) is 0 Å². The molecule has 0 unspecified atom stereocenters. The fourth-order valence-electron chi connectivity index (χ4n) is 0. The molecule has 0 aliphatic rings. The van der Waals surface area contributed by atoms with Gasteiger partial charge in [-0.2, -0.15) is 0 Å². The Hall–Kier alpha value is -0.211. The van der Waals surface area contributed by atoms with Gasteiger partial charge in [0.15, 0.2) is 5.96 Å². The van der Waals surface area contributed by atoms with Gasteiger partial charge in [-0.05, 0) is 0 Å². The van der Waals surface area contributed by atoms with Crippen LogP contribution in [0, 0.1) is 5.41 Å². The summed E-state index contributed by atoms with van der Waals surface area (Å²) in [6.45, 7) is 0. The Morgan fingerprint density at radius 1 is 0.419 bits per heavy atom. The topological polar surface area (TPSA) is 477 Å². The summed E-state index contributed by atoms with van der Waals surface area (Å²) in [7, 11) is -25.8. The van der Waals surface area contributed by atoms with Crippen molar-refractivity contribution in [3.8, 4) is 0 Å². The summed E-state index contributed by atoms with van der Waals surface area (Å²) < 4.78 is 170. The molecule has 0 aromatic heterocycles. The summed E-state index contributed by atoms with van der Waals surface area (Å²) in [5, 5.41) is 6.06. The van der Waals surface area contributed by atoms with Crippen LogP contribution in [-0.2, 0) is 89.1 Å². The second kappa shape index (κ2) is 23.0. The van der Waals surface area contributed by atoms with Crippen LogP contribution in [-0.4, -0.2) is 93.6 Å². The third-order valence-electron chi connectivity index (χ3n) is 0. The van der Waals surface area contributed by atoms with Gasteiger partial charge in [-0.25, -0.2) is 0 Å². The molecule has 0 aliphatic heterocycles. The number of hydrogen-bond donors (Lipinski definition) is 3. The fourth-order valence-corrected chi connectivity index (χ4v) is 0. The van der Waals surface area contributed by atoms with E-state index in [1.54, 1.807) is 0 Å². The van der Waals surface area contributed by atoms with Crippen molar-refractivity contribution in [2.45, 2.75) is 0 Å². The predicted molar refractivity (Wildman–Crippen MR) is 68.5 cm³/mol. The first kappa shape index (κ1) is 52.6. The molecule has 0 heterocycles. The van der Waals surface area contributed by atoms with Gasteiger partial charge in [-0.3, -0.25) is 47.5 Å². The van der Waals surface area contributed by atoms with Crippen molar-refractivity contribution in [2.24, 2.45) is 11.5 Å². The van der Waals surface area contributed by atoms with Crippen LogP contribution < -0.4 is 11.5 Å².